The number of nitrogens with one attached hydrogen (secondary N) is 4. The quantitative estimate of drug-likeness (QED) is 0.419. The lowest BCUT2D eigenvalue weighted by Crippen LogP contribution is -2.51. The van der Waals surface area contributed by atoms with Gasteiger partial charge in [-0.1, -0.05) is 54.1 Å². The predicted octanol–water partition coefficient (Wildman–Crippen LogP) is 3.17. The highest BCUT2D eigenvalue weighted by Crippen LogP contribution is 2.17. The monoisotopic (exact) mass is 464 g/mol. The summed E-state index contributed by atoms with van der Waals surface area (Å²) in [6.45, 7) is 1.46. The molecule has 33 heavy (non-hydrogen) atoms. The molecule has 8 nitrogen and oxygen atoms in total. The van der Waals surface area contributed by atoms with Crippen LogP contribution in [0.4, 0.5) is 5.69 Å². The summed E-state index contributed by atoms with van der Waals surface area (Å²) in [5, 5.41) is 5.48. The minimum Gasteiger partial charge on any atom is -0.340 e. The average Bonchev–Trinajstić information content (AvgIpc) is 2.83. The summed E-state index contributed by atoms with van der Waals surface area (Å²) >= 11 is 5.96. The first kappa shape index (κ1) is 23.5. The summed E-state index contributed by atoms with van der Waals surface area (Å²) in [7, 11) is 0. The molecule has 1 atom stereocenters. The fraction of sp³-hybridized carbons (Fsp3) is 0.0833. The molecule has 4 N–H and O–H groups in total. The maximum atomic E-state index is 12.8. The van der Waals surface area contributed by atoms with Gasteiger partial charge in [0.15, 0.2) is 0 Å². The molecule has 0 spiro atoms. The molecule has 0 radical (unpaired) electrons. The van der Waals surface area contributed by atoms with E-state index in [2.05, 4.69) is 21.5 Å². The van der Waals surface area contributed by atoms with E-state index in [-0.39, 0.29) is 22.1 Å². The van der Waals surface area contributed by atoms with Crippen molar-refractivity contribution in [1.82, 2.24) is 16.2 Å². The van der Waals surface area contributed by atoms with Gasteiger partial charge in [0.25, 0.3) is 23.6 Å². The topological polar surface area (TPSA) is 116 Å². The molecule has 0 aliphatic carbocycles. The van der Waals surface area contributed by atoms with Crippen molar-refractivity contribution in [2.24, 2.45) is 0 Å². The zero-order chi connectivity index (χ0) is 23.8. The molecule has 4 amide bonds. The highest BCUT2D eigenvalue weighted by atomic mass is 35.5. The molecule has 0 heterocycles. The van der Waals surface area contributed by atoms with Crippen molar-refractivity contribution in [3.8, 4) is 0 Å². The number of hydrazine groups is 1. The van der Waals surface area contributed by atoms with Gasteiger partial charge in [-0.3, -0.25) is 30.0 Å². The molecule has 3 aromatic carbocycles. The predicted molar refractivity (Wildman–Crippen MR) is 125 cm³/mol. The minimum atomic E-state index is -0.984. The second-order valence-corrected chi connectivity index (χ2v) is 7.39. The van der Waals surface area contributed by atoms with Gasteiger partial charge in [-0.25, -0.2) is 0 Å². The summed E-state index contributed by atoms with van der Waals surface area (Å²) in [4.78, 5) is 49.7. The molecule has 0 saturated heterocycles. The number of hydrogen-bond donors (Lipinski definition) is 4. The Morgan fingerprint density at radius 3 is 2.00 bits per heavy atom. The second kappa shape index (κ2) is 10.9. The van der Waals surface area contributed by atoms with Crippen LogP contribution in [0.25, 0.3) is 0 Å². The molecular formula is C24H21ClN4O4. The molecule has 3 rings (SSSR count). The lowest BCUT2D eigenvalue weighted by atomic mass is 10.1. The van der Waals surface area contributed by atoms with Gasteiger partial charge in [0.1, 0.15) is 6.04 Å². The van der Waals surface area contributed by atoms with Crippen LogP contribution in [0.5, 0.6) is 0 Å². The molecule has 0 fully saturated rings. The van der Waals surface area contributed by atoms with E-state index in [9.17, 15) is 19.2 Å². The fourth-order valence-electron chi connectivity index (χ4n) is 2.85. The van der Waals surface area contributed by atoms with Crippen molar-refractivity contribution >= 4 is 40.9 Å². The van der Waals surface area contributed by atoms with E-state index < -0.39 is 23.8 Å². The Balaban J connectivity index is 1.60. The van der Waals surface area contributed by atoms with Crippen LogP contribution in [0.3, 0.4) is 0 Å². The van der Waals surface area contributed by atoms with Crippen LogP contribution in [0.2, 0.25) is 5.02 Å². The molecule has 0 bridgehead atoms. The van der Waals surface area contributed by atoms with Gasteiger partial charge in [-0.05, 0) is 43.3 Å². The van der Waals surface area contributed by atoms with Gasteiger partial charge in [-0.2, -0.15) is 0 Å². The lowest BCUT2D eigenvalue weighted by Gasteiger charge is -2.16. The van der Waals surface area contributed by atoms with Gasteiger partial charge in [0.05, 0.1) is 21.8 Å². The van der Waals surface area contributed by atoms with Gasteiger partial charge in [0.2, 0.25) is 0 Å². The first-order valence-electron chi connectivity index (χ1n) is 9.98. The Morgan fingerprint density at radius 1 is 0.697 bits per heavy atom. The van der Waals surface area contributed by atoms with Crippen LogP contribution in [0, 0.1) is 0 Å². The number of rotatable bonds is 6. The third-order valence-corrected chi connectivity index (χ3v) is 4.94. The van der Waals surface area contributed by atoms with Crippen molar-refractivity contribution in [2.45, 2.75) is 13.0 Å². The van der Waals surface area contributed by atoms with Crippen molar-refractivity contribution in [3.05, 3.63) is 101 Å². The maximum absolute atomic E-state index is 12.8. The zero-order valence-corrected chi connectivity index (χ0v) is 18.3. The molecule has 9 heteroatoms. The van der Waals surface area contributed by atoms with Crippen LogP contribution < -0.4 is 21.5 Å². The molecule has 0 aromatic heterocycles. The van der Waals surface area contributed by atoms with Crippen LogP contribution in [-0.2, 0) is 4.79 Å². The Bertz CT molecular complexity index is 1180. The number of benzene rings is 3. The lowest BCUT2D eigenvalue weighted by molar-refractivity contribution is -0.123. The fourth-order valence-corrected chi connectivity index (χ4v) is 3.07. The molecule has 0 aliphatic rings. The number of halogens is 1. The molecule has 0 saturated carbocycles. The highest BCUT2D eigenvalue weighted by Gasteiger charge is 2.20. The Labute approximate surface area is 195 Å². The molecule has 0 aliphatic heterocycles. The van der Waals surface area contributed by atoms with Crippen LogP contribution in [0.15, 0.2) is 78.9 Å². The zero-order valence-electron chi connectivity index (χ0n) is 17.6. The third-order valence-electron chi connectivity index (χ3n) is 4.61. The average molecular weight is 465 g/mol. The van der Waals surface area contributed by atoms with E-state index in [0.29, 0.717) is 11.3 Å². The Kier molecular flexibility index (Phi) is 7.77. The van der Waals surface area contributed by atoms with Gasteiger partial charge >= 0.3 is 0 Å². The molecule has 168 valence electrons. The SMILES string of the molecule is C[C@@H](NC(=O)c1ccccc1NC(=O)c1ccccc1)C(=O)NNC(=O)c1ccccc1Cl. The smallest absolute Gasteiger partial charge is 0.271 e. The number of carbonyl (C=O) groups is 4. The van der Waals surface area contributed by atoms with Crippen molar-refractivity contribution in [3.63, 3.8) is 0 Å². The maximum Gasteiger partial charge on any atom is 0.271 e. The largest absolute Gasteiger partial charge is 0.340 e. The Hall–Kier alpha value is -4.17. The van der Waals surface area contributed by atoms with E-state index in [4.69, 9.17) is 11.6 Å². The third kappa shape index (κ3) is 6.18. The summed E-state index contributed by atoms with van der Waals surface area (Å²) < 4.78 is 0. The molecule has 0 unspecified atom stereocenters. The number of para-hydroxylation sites is 1. The van der Waals surface area contributed by atoms with Gasteiger partial charge in [-0.15, -0.1) is 0 Å². The van der Waals surface area contributed by atoms with Crippen molar-refractivity contribution in [2.75, 3.05) is 5.32 Å². The number of anilines is 1. The number of hydrogen-bond acceptors (Lipinski definition) is 4. The number of carbonyl (C=O) groups excluding carboxylic acids is 4. The molecular weight excluding hydrogens is 444 g/mol. The van der Waals surface area contributed by atoms with Crippen molar-refractivity contribution < 1.29 is 19.2 Å². The van der Waals surface area contributed by atoms with Gasteiger partial charge < -0.3 is 10.6 Å². The standard InChI is InChI=1S/C24H21ClN4O4/c1-15(21(30)28-29-24(33)17-11-5-7-13-19(17)25)26-23(32)18-12-6-8-14-20(18)27-22(31)16-9-3-2-4-10-16/h2-15H,1H3,(H,26,32)(H,27,31)(H,28,30)(H,29,33)/t15-/m1/s1. The van der Waals surface area contributed by atoms with Crippen LogP contribution in [-0.4, -0.2) is 29.7 Å². The highest BCUT2D eigenvalue weighted by molar-refractivity contribution is 6.33. The van der Waals surface area contributed by atoms with Gasteiger partial charge in [0, 0.05) is 5.56 Å². The first-order chi connectivity index (χ1) is 15.9. The van der Waals surface area contributed by atoms with Crippen LogP contribution in [0.1, 0.15) is 38.0 Å². The summed E-state index contributed by atoms with van der Waals surface area (Å²) in [5.74, 6) is -2.18. The molecule has 3 aromatic rings. The number of amides is 4. The Morgan fingerprint density at radius 2 is 1.30 bits per heavy atom. The van der Waals surface area contributed by atoms with E-state index in [1.165, 1.54) is 19.1 Å². The van der Waals surface area contributed by atoms with E-state index in [0.717, 1.165) is 0 Å². The normalized spacial score (nSPS) is 11.1. The second-order valence-electron chi connectivity index (χ2n) is 6.98. The van der Waals surface area contributed by atoms with Crippen LogP contribution >= 0.6 is 11.6 Å². The minimum absolute atomic E-state index is 0.182. The first-order valence-corrected chi connectivity index (χ1v) is 10.4. The summed E-state index contributed by atoms with van der Waals surface area (Å²) in [6.07, 6.45) is 0. The van der Waals surface area contributed by atoms with Crippen molar-refractivity contribution in [1.29, 1.82) is 0 Å². The van der Waals surface area contributed by atoms with E-state index in [1.54, 1.807) is 66.7 Å². The van der Waals surface area contributed by atoms with E-state index >= 15 is 0 Å². The summed E-state index contributed by atoms with van der Waals surface area (Å²) in [6, 6.07) is 20.4. The summed E-state index contributed by atoms with van der Waals surface area (Å²) in [5.41, 5.74) is 5.62. The van der Waals surface area contributed by atoms with E-state index in [1.807, 2.05) is 0 Å².